The summed E-state index contributed by atoms with van der Waals surface area (Å²) in [5.41, 5.74) is 2.51. The van der Waals surface area contributed by atoms with E-state index in [1.54, 1.807) is 37.4 Å². The van der Waals surface area contributed by atoms with Crippen molar-refractivity contribution < 1.29 is 18.8 Å². The van der Waals surface area contributed by atoms with Crippen LogP contribution in [0.15, 0.2) is 82.7 Å². The molecule has 0 saturated carbocycles. The van der Waals surface area contributed by atoms with Gasteiger partial charge in [0.25, 0.3) is 5.56 Å². The zero-order valence-corrected chi connectivity index (χ0v) is 25.1. The lowest BCUT2D eigenvalue weighted by molar-refractivity contribution is -0.385. The van der Waals surface area contributed by atoms with Crippen LogP contribution in [0.2, 0.25) is 5.02 Å². The van der Waals surface area contributed by atoms with Crippen LogP contribution >= 0.6 is 11.6 Å². The summed E-state index contributed by atoms with van der Waals surface area (Å²) in [6.45, 7) is 5.70. The second-order valence-corrected chi connectivity index (χ2v) is 10.8. The highest BCUT2D eigenvalue weighted by molar-refractivity contribution is 6.32. The Labute approximate surface area is 257 Å². The van der Waals surface area contributed by atoms with Crippen molar-refractivity contribution in [1.82, 2.24) is 9.66 Å². The van der Waals surface area contributed by atoms with Gasteiger partial charge in [-0.2, -0.15) is 9.78 Å². The number of nitro benzene ring substituents is 1. The highest BCUT2D eigenvalue weighted by Gasteiger charge is 2.22. The molecule has 1 aromatic heterocycles. The molecule has 1 heterocycles. The SMILES string of the molecule is COc1cc(C)c(-c2nc3ccccc3c(=O)n2N=Cc2cc(Cl)c(OCc3ccccc3F)c([N+](=O)[O-])c2)cc1C(C)C. The van der Waals surface area contributed by atoms with Gasteiger partial charge in [-0.25, -0.2) is 9.37 Å². The number of halogens is 2. The number of rotatable bonds is 9. The summed E-state index contributed by atoms with van der Waals surface area (Å²) < 4.78 is 26.4. The van der Waals surface area contributed by atoms with E-state index in [2.05, 4.69) is 5.10 Å². The number of nitrogens with zero attached hydrogens (tertiary/aromatic N) is 4. The van der Waals surface area contributed by atoms with Crippen molar-refractivity contribution in [3.8, 4) is 22.9 Å². The van der Waals surface area contributed by atoms with E-state index in [0.717, 1.165) is 16.9 Å². The number of ether oxygens (including phenoxy) is 2. The molecule has 5 rings (SSSR count). The van der Waals surface area contributed by atoms with Gasteiger partial charge < -0.3 is 9.47 Å². The molecular weight excluding hydrogens is 587 g/mol. The predicted molar refractivity (Wildman–Crippen MR) is 169 cm³/mol. The summed E-state index contributed by atoms with van der Waals surface area (Å²) in [7, 11) is 1.61. The fraction of sp³-hybridized carbons (Fsp3) is 0.182. The number of aryl methyl sites for hydroxylation is 1. The van der Waals surface area contributed by atoms with Gasteiger partial charge in [0.05, 0.1) is 34.2 Å². The number of methoxy groups -OCH3 is 1. The van der Waals surface area contributed by atoms with E-state index in [1.165, 1.54) is 41.2 Å². The van der Waals surface area contributed by atoms with Crippen molar-refractivity contribution in [2.24, 2.45) is 5.10 Å². The largest absolute Gasteiger partial charge is 0.496 e. The Morgan fingerprint density at radius 2 is 1.84 bits per heavy atom. The zero-order valence-electron chi connectivity index (χ0n) is 24.4. The minimum atomic E-state index is -0.650. The average Bonchev–Trinajstić information content (AvgIpc) is 3.00. The third-order valence-electron chi connectivity index (χ3n) is 7.09. The van der Waals surface area contributed by atoms with Gasteiger partial charge in [-0.1, -0.05) is 55.8 Å². The quantitative estimate of drug-likeness (QED) is 0.0957. The summed E-state index contributed by atoms with van der Waals surface area (Å²) in [4.78, 5) is 29.9. The van der Waals surface area contributed by atoms with Gasteiger partial charge in [-0.15, -0.1) is 0 Å². The molecule has 44 heavy (non-hydrogen) atoms. The smallest absolute Gasteiger partial charge is 0.313 e. The summed E-state index contributed by atoms with van der Waals surface area (Å²) in [6.07, 6.45) is 1.29. The van der Waals surface area contributed by atoms with Crippen LogP contribution in [0, 0.1) is 22.9 Å². The number of fused-ring (bicyclic) bond motifs is 1. The van der Waals surface area contributed by atoms with E-state index in [0.29, 0.717) is 16.5 Å². The molecule has 5 aromatic rings. The molecule has 0 bridgehead atoms. The van der Waals surface area contributed by atoms with Crippen molar-refractivity contribution in [3.63, 3.8) is 0 Å². The number of para-hydroxylation sites is 1. The highest BCUT2D eigenvalue weighted by atomic mass is 35.5. The van der Waals surface area contributed by atoms with Crippen molar-refractivity contribution >= 4 is 34.4 Å². The van der Waals surface area contributed by atoms with Crippen molar-refractivity contribution in [1.29, 1.82) is 0 Å². The Hall–Kier alpha value is -5.09. The highest BCUT2D eigenvalue weighted by Crippen LogP contribution is 2.37. The molecule has 0 radical (unpaired) electrons. The van der Waals surface area contributed by atoms with E-state index in [-0.39, 0.29) is 40.2 Å². The first-order valence-corrected chi connectivity index (χ1v) is 14.1. The molecule has 0 unspecified atom stereocenters. The summed E-state index contributed by atoms with van der Waals surface area (Å²) >= 11 is 6.42. The van der Waals surface area contributed by atoms with Crippen LogP contribution in [-0.4, -0.2) is 27.9 Å². The average molecular weight is 615 g/mol. The number of hydrogen-bond acceptors (Lipinski definition) is 7. The maximum absolute atomic E-state index is 14.1. The van der Waals surface area contributed by atoms with Crippen LogP contribution in [0.25, 0.3) is 22.3 Å². The summed E-state index contributed by atoms with van der Waals surface area (Å²) in [6, 6.07) is 19.3. The third kappa shape index (κ3) is 6.02. The Morgan fingerprint density at radius 1 is 1.11 bits per heavy atom. The first kappa shape index (κ1) is 30.4. The second kappa shape index (κ2) is 12.6. The van der Waals surface area contributed by atoms with Gasteiger partial charge >= 0.3 is 5.69 Å². The van der Waals surface area contributed by atoms with Crippen LogP contribution in [0.1, 0.15) is 42.0 Å². The van der Waals surface area contributed by atoms with Crippen LogP contribution in [-0.2, 0) is 6.61 Å². The summed E-state index contributed by atoms with van der Waals surface area (Å²) in [5.74, 6) is 0.414. The lowest BCUT2D eigenvalue weighted by Gasteiger charge is -2.17. The number of aromatic nitrogens is 2. The molecule has 0 fully saturated rings. The third-order valence-corrected chi connectivity index (χ3v) is 7.37. The first-order chi connectivity index (χ1) is 21.1. The van der Waals surface area contributed by atoms with Gasteiger partial charge in [0, 0.05) is 22.8 Å². The molecule has 0 saturated heterocycles. The molecule has 0 N–H and O–H groups in total. The van der Waals surface area contributed by atoms with Crippen LogP contribution in [0.3, 0.4) is 0 Å². The van der Waals surface area contributed by atoms with Gasteiger partial charge in [0.2, 0.25) is 5.75 Å². The van der Waals surface area contributed by atoms with Gasteiger partial charge in [-0.3, -0.25) is 14.9 Å². The molecule has 0 spiro atoms. The maximum Gasteiger partial charge on any atom is 0.313 e. The topological polar surface area (TPSA) is 109 Å². The van der Waals surface area contributed by atoms with Gasteiger partial charge in [0.15, 0.2) is 5.82 Å². The standard InChI is InChI=1S/C33H28ClFN4O5/c1-19(2)24-16-25(20(3)13-30(24)43-4)32-37-28-12-8-6-10-23(28)33(40)38(32)36-17-21-14-26(34)31(29(15-21)39(41)42)44-18-22-9-5-7-11-27(22)35/h5-17,19H,18H2,1-4H3. The fourth-order valence-electron chi connectivity index (χ4n) is 4.81. The van der Waals surface area contributed by atoms with Crippen LogP contribution in [0.5, 0.6) is 11.5 Å². The van der Waals surface area contributed by atoms with E-state index in [1.807, 2.05) is 32.9 Å². The molecular formula is C33H28ClFN4O5. The van der Waals surface area contributed by atoms with E-state index < -0.39 is 22.0 Å². The molecule has 0 aliphatic rings. The normalized spacial score (nSPS) is 11.4. The molecule has 0 aliphatic carbocycles. The van der Waals surface area contributed by atoms with Crippen molar-refractivity contribution in [3.05, 3.63) is 126 Å². The van der Waals surface area contributed by atoms with E-state index in [4.69, 9.17) is 26.1 Å². The molecule has 4 aromatic carbocycles. The predicted octanol–water partition coefficient (Wildman–Crippen LogP) is 7.67. The number of hydrogen-bond donors (Lipinski definition) is 0. The maximum atomic E-state index is 14.1. The van der Waals surface area contributed by atoms with Gasteiger partial charge in [0.1, 0.15) is 18.2 Å². The lowest BCUT2D eigenvalue weighted by atomic mass is 9.96. The monoisotopic (exact) mass is 614 g/mol. The second-order valence-electron chi connectivity index (χ2n) is 10.4. The lowest BCUT2D eigenvalue weighted by Crippen LogP contribution is -2.20. The van der Waals surface area contributed by atoms with Crippen molar-refractivity contribution in [2.45, 2.75) is 33.3 Å². The minimum Gasteiger partial charge on any atom is -0.496 e. The Morgan fingerprint density at radius 3 is 2.55 bits per heavy atom. The molecule has 0 amide bonds. The van der Waals surface area contributed by atoms with Gasteiger partial charge in [-0.05, 0) is 60.4 Å². The minimum absolute atomic E-state index is 0.0752. The molecule has 11 heteroatoms. The summed E-state index contributed by atoms with van der Waals surface area (Å²) in [5, 5.41) is 16.7. The fourth-order valence-corrected chi connectivity index (χ4v) is 5.09. The van der Waals surface area contributed by atoms with Crippen LogP contribution < -0.4 is 15.0 Å². The Kier molecular flexibility index (Phi) is 8.73. The van der Waals surface area contributed by atoms with Crippen LogP contribution in [0.4, 0.5) is 10.1 Å². The van der Waals surface area contributed by atoms with E-state index in [9.17, 15) is 19.3 Å². The number of nitro groups is 1. The van der Waals surface area contributed by atoms with E-state index >= 15 is 0 Å². The molecule has 9 nitrogen and oxygen atoms in total. The molecule has 224 valence electrons. The number of benzene rings is 4. The molecule has 0 aliphatic heterocycles. The molecule has 0 atom stereocenters. The Balaban J connectivity index is 1.62. The Bertz CT molecular complexity index is 1990. The first-order valence-electron chi connectivity index (χ1n) is 13.7. The zero-order chi connectivity index (χ0) is 31.5. The van der Waals surface area contributed by atoms with Crippen molar-refractivity contribution in [2.75, 3.05) is 7.11 Å².